The van der Waals surface area contributed by atoms with Gasteiger partial charge in [-0.05, 0) is 24.4 Å². The standard InChI is InChI=1S/C16H29NOS/c1-5-7-9-10-12-16(3,11-8-6-2)15-14(18-4)13-17-19-15/h13H,5-12H2,1-4H3. The van der Waals surface area contributed by atoms with Crippen molar-refractivity contribution in [3.8, 4) is 5.75 Å². The fraction of sp³-hybridized carbons (Fsp3) is 0.812. The van der Waals surface area contributed by atoms with Gasteiger partial charge in [-0.15, -0.1) is 0 Å². The van der Waals surface area contributed by atoms with Gasteiger partial charge < -0.3 is 4.74 Å². The zero-order valence-corrected chi connectivity index (χ0v) is 13.8. The van der Waals surface area contributed by atoms with Crippen LogP contribution in [0.1, 0.15) is 77.0 Å². The molecule has 0 N–H and O–H groups in total. The summed E-state index contributed by atoms with van der Waals surface area (Å²) >= 11 is 1.62. The Bertz CT molecular complexity index is 350. The first-order valence-electron chi connectivity index (χ1n) is 7.67. The van der Waals surface area contributed by atoms with Crippen molar-refractivity contribution in [2.75, 3.05) is 7.11 Å². The van der Waals surface area contributed by atoms with Crippen LogP contribution in [0.5, 0.6) is 5.75 Å². The van der Waals surface area contributed by atoms with Gasteiger partial charge in [0.25, 0.3) is 0 Å². The van der Waals surface area contributed by atoms with E-state index in [-0.39, 0.29) is 5.41 Å². The van der Waals surface area contributed by atoms with Crippen molar-refractivity contribution in [2.45, 2.75) is 77.6 Å². The molecule has 0 fully saturated rings. The number of ether oxygens (including phenoxy) is 1. The first kappa shape index (κ1) is 16.5. The molecule has 1 unspecified atom stereocenters. The van der Waals surface area contributed by atoms with Crippen LogP contribution < -0.4 is 4.74 Å². The summed E-state index contributed by atoms with van der Waals surface area (Å²) < 4.78 is 9.82. The van der Waals surface area contributed by atoms with Crippen molar-refractivity contribution >= 4 is 11.5 Å². The highest BCUT2D eigenvalue weighted by Gasteiger charge is 2.30. The monoisotopic (exact) mass is 283 g/mol. The van der Waals surface area contributed by atoms with Gasteiger partial charge >= 0.3 is 0 Å². The molecule has 0 aliphatic heterocycles. The van der Waals surface area contributed by atoms with Crippen molar-refractivity contribution in [1.82, 2.24) is 4.37 Å². The quantitative estimate of drug-likeness (QED) is 0.524. The highest BCUT2D eigenvalue weighted by atomic mass is 32.1. The molecule has 0 spiro atoms. The number of rotatable bonds is 10. The van der Waals surface area contributed by atoms with Crippen LogP contribution in [-0.2, 0) is 5.41 Å². The minimum Gasteiger partial charge on any atom is -0.494 e. The lowest BCUT2D eigenvalue weighted by Crippen LogP contribution is -2.21. The molecule has 3 heteroatoms. The molecule has 19 heavy (non-hydrogen) atoms. The van der Waals surface area contributed by atoms with E-state index in [9.17, 15) is 0 Å². The molecule has 110 valence electrons. The van der Waals surface area contributed by atoms with E-state index in [2.05, 4.69) is 25.1 Å². The van der Waals surface area contributed by atoms with E-state index in [4.69, 9.17) is 4.74 Å². The van der Waals surface area contributed by atoms with Crippen LogP contribution in [0.4, 0.5) is 0 Å². The van der Waals surface area contributed by atoms with Gasteiger partial charge in [-0.2, -0.15) is 4.37 Å². The topological polar surface area (TPSA) is 22.1 Å². The molecule has 0 aromatic carbocycles. The van der Waals surface area contributed by atoms with Crippen LogP contribution >= 0.6 is 11.5 Å². The third-order valence-corrected chi connectivity index (χ3v) is 5.06. The number of hydrogen-bond acceptors (Lipinski definition) is 3. The largest absolute Gasteiger partial charge is 0.494 e. The number of unbranched alkanes of at least 4 members (excludes halogenated alkanes) is 4. The molecule has 0 aliphatic rings. The second kappa shape index (κ2) is 8.57. The van der Waals surface area contributed by atoms with Crippen molar-refractivity contribution in [1.29, 1.82) is 0 Å². The third-order valence-electron chi connectivity index (χ3n) is 3.97. The van der Waals surface area contributed by atoms with Gasteiger partial charge in [0, 0.05) is 5.41 Å². The van der Waals surface area contributed by atoms with Gasteiger partial charge in [0.1, 0.15) is 0 Å². The average molecular weight is 283 g/mol. The maximum atomic E-state index is 5.49. The van der Waals surface area contributed by atoms with Crippen LogP contribution in [-0.4, -0.2) is 11.5 Å². The predicted octanol–water partition coefficient (Wildman–Crippen LogP) is 5.57. The predicted molar refractivity (Wildman–Crippen MR) is 84.3 cm³/mol. The Kier molecular flexibility index (Phi) is 7.44. The normalized spacial score (nSPS) is 14.3. The summed E-state index contributed by atoms with van der Waals surface area (Å²) in [5.74, 6) is 0.985. The minimum absolute atomic E-state index is 0.246. The Morgan fingerprint density at radius 2 is 1.79 bits per heavy atom. The van der Waals surface area contributed by atoms with Gasteiger partial charge in [-0.1, -0.05) is 59.3 Å². The van der Waals surface area contributed by atoms with E-state index in [0.717, 1.165) is 5.75 Å². The summed E-state index contributed by atoms with van der Waals surface area (Å²) in [4.78, 5) is 1.35. The lowest BCUT2D eigenvalue weighted by molar-refractivity contribution is 0.348. The Balaban J connectivity index is 2.73. The lowest BCUT2D eigenvalue weighted by Gasteiger charge is -2.29. The molecule has 0 amide bonds. The molecule has 1 rings (SSSR count). The van der Waals surface area contributed by atoms with E-state index < -0.39 is 0 Å². The summed E-state index contributed by atoms with van der Waals surface area (Å²) in [6, 6.07) is 0. The fourth-order valence-corrected chi connectivity index (χ4v) is 3.55. The smallest absolute Gasteiger partial charge is 0.153 e. The highest BCUT2D eigenvalue weighted by molar-refractivity contribution is 7.06. The van der Waals surface area contributed by atoms with Crippen LogP contribution in [0.15, 0.2) is 6.20 Å². The average Bonchev–Trinajstić information content (AvgIpc) is 2.90. The lowest BCUT2D eigenvalue weighted by atomic mass is 9.78. The Hall–Kier alpha value is -0.570. The van der Waals surface area contributed by atoms with E-state index in [1.165, 1.54) is 56.2 Å². The summed E-state index contributed by atoms with van der Waals surface area (Å²) in [6.45, 7) is 6.93. The number of nitrogens with zero attached hydrogens (tertiary/aromatic N) is 1. The molecule has 1 atom stereocenters. The zero-order chi connectivity index (χ0) is 14.1. The Morgan fingerprint density at radius 3 is 2.42 bits per heavy atom. The number of methoxy groups -OCH3 is 1. The molecular formula is C16H29NOS. The van der Waals surface area contributed by atoms with Crippen molar-refractivity contribution in [2.24, 2.45) is 0 Å². The van der Waals surface area contributed by atoms with Crippen molar-refractivity contribution in [3.05, 3.63) is 11.1 Å². The van der Waals surface area contributed by atoms with Gasteiger partial charge in [0.05, 0.1) is 18.2 Å². The van der Waals surface area contributed by atoms with Crippen LogP contribution in [0.3, 0.4) is 0 Å². The molecule has 1 aromatic rings. The van der Waals surface area contributed by atoms with E-state index in [1.807, 2.05) is 6.20 Å². The molecule has 1 aromatic heterocycles. The summed E-state index contributed by atoms with van der Waals surface area (Å²) in [6.07, 6.45) is 12.2. The SMILES string of the molecule is CCCCCCC(C)(CCCC)c1sncc1OC. The molecule has 1 heterocycles. The summed E-state index contributed by atoms with van der Waals surface area (Å²) in [7, 11) is 1.75. The van der Waals surface area contributed by atoms with Crippen LogP contribution in [0.25, 0.3) is 0 Å². The van der Waals surface area contributed by atoms with E-state index >= 15 is 0 Å². The molecule has 0 radical (unpaired) electrons. The fourth-order valence-electron chi connectivity index (χ4n) is 2.64. The number of hydrogen-bond donors (Lipinski definition) is 0. The van der Waals surface area contributed by atoms with Gasteiger partial charge in [0.15, 0.2) is 5.75 Å². The van der Waals surface area contributed by atoms with Gasteiger partial charge in [0.2, 0.25) is 0 Å². The summed E-state index contributed by atoms with van der Waals surface area (Å²) in [5.41, 5.74) is 0.246. The highest BCUT2D eigenvalue weighted by Crippen LogP contribution is 2.42. The maximum absolute atomic E-state index is 5.49. The molecule has 0 saturated heterocycles. The van der Waals surface area contributed by atoms with E-state index in [0.29, 0.717) is 0 Å². The second-order valence-electron chi connectivity index (χ2n) is 5.70. The maximum Gasteiger partial charge on any atom is 0.153 e. The second-order valence-corrected chi connectivity index (χ2v) is 6.50. The van der Waals surface area contributed by atoms with Gasteiger partial charge in [-0.3, -0.25) is 0 Å². The third kappa shape index (κ3) is 4.79. The Labute approximate surface area is 122 Å². The first-order chi connectivity index (χ1) is 9.18. The van der Waals surface area contributed by atoms with Crippen LogP contribution in [0.2, 0.25) is 0 Å². The first-order valence-corrected chi connectivity index (χ1v) is 8.44. The Morgan fingerprint density at radius 1 is 1.11 bits per heavy atom. The molecular weight excluding hydrogens is 254 g/mol. The van der Waals surface area contributed by atoms with Crippen LogP contribution in [0, 0.1) is 0 Å². The van der Waals surface area contributed by atoms with E-state index in [1.54, 1.807) is 18.6 Å². The van der Waals surface area contributed by atoms with Gasteiger partial charge in [-0.25, -0.2) is 0 Å². The molecule has 2 nitrogen and oxygen atoms in total. The molecule has 0 aliphatic carbocycles. The molecule has 0 saturated carbocycles. The molecule has 0 bridgehead atoms. The van der Waals surface area contributed by atoms with Crippen molar-refractivity contribution in [3.63, 3.8) is 0 Å². The van der Waals surface area contributed by atoms with Crippen molar-refractivity contribution < 1.29 is 4.74 Å². The minimum atomic E-state index is 0.246. The zero-order valence-electron chi connectivity index (χ0n) is 13.0. The number of aromatic nitrogens is 1. The summed E-state index contributed by atoms with van der Waals surface area (Å²) in [5, 5.41) is 0.